The summed E-state index contributed by atoms with van der Waals surface area (Å²) >= 11 is 0. The van der Waals surface area contributed by atoms with Gasteiger partial charge in [-0.2, -0.15) is 0 Å². The van der Waals surface area contributed by atoms with Crippen molar-refractivity contribution in [2.75, 3.05) is 13.2 Å². The van der Waals surface area contributed by atoms with Crippen LogP contribution >= 0.6 is 0 Å². The van der Waals surface area contributed by atoms with E-state index in [4.69, 9.17) is 14.9 Å². The lowest BCUT2D eigenvalue weighted by Gasteiger charge is -2.18. The zero-order valence-electron chi connectivity index (χ0n) is 39.4. The highest BCUT2D eigenvalue weighted by Gasteiger charge is 2.19. The van der Waals surface area contributed by atoms with E-state index < -0.39 is 24.5 Å². The highest BCUT2D eigenvalue weighted by Crippen LogP contribution is 2.19. The number of aliphatic hydroxyl groups excluding tert-OH is 1. The molecule has 2 amide bonds. The van der Waals surface area contributed by atoms with Crippen LogP contribution in [0.2, 0.25) is 0 Å². The van der Waals surface area contributed by atoms with Crippen LogP contribution in [0.1, 0.15) is 213 Å². The Bertz CT molecular complexity index is 1270. The first-order valence-corrected chi connectivity index (χ1v) is 24.8. The first kappa shape index (κ1) is 58.3. The largest absolute Gasteiger partial charge is 0.480 e. The molecule has 0 fully saturated rings. The van der Waals surface area contributed by atoms with Crippen molar-refractivity contribution in [3.8, 4) is 0 Å². The first-order chi connectivity index (χ1) is 30.3. The van der Waals surface area contributed by atoms with Gasteiger partial charge in [0.25, 0.3) is 0 Å². The fraction of sp³-hybridized carbons (Fsp3) is 0.698. The van der Waals surface area contributed by atoms with Crippen LogP contribution in [-0.4, -0.2) is 59.3 Å². The molecule has 354 valence electrons. The SMILES string of the molecule is CC/C=C\C/C=C\C/C=C\C/C=C\C/C=C\C/C=C\CCCCC(=O)OC(CCCCCCCCCCCCCCC)CCCCCCCC(=O)NCC(=O)NC(CO)C(=O)O. The molecule has 0 aromatic heterocycles. The summed E-state index contributed by atoms with van der Waals surface area (Å²) in [5.74, 6) is -2.34. The van der Waals surface area contributed by atoms with Crippen LogP contribution in [0.3, 0.4) is 0 Å². The summed E-state index contributed by atoms with van der Waals surface area (Å²) in [5.41, 5.74) is 0. The molecule has 0 radical (unpaired) electrons. The fourth-order valence-electron chi connectivity index (χ4n) is 6.95. The maximum atomic E-state index is 12.9. The van der Waals surface area contributed by atoms with E-state index in [1.54, 1.807) is 0 Å². The lowest BCUT2D eigenvalue weighted by atomic mass is 10.0. The van der Waals surface area contributed by atoms with Crippen molar-refractivity contribution in [2.24, 2.45) is 0 Å². The molecule has 0 aliphatic heterocycles. The third-order valence-electron chi connectivity index (χ3n) is 10.7. The van der Waals surface area contributed by atoms with Gasteiger partial charge in [-0.3, -0.25) is 14.4 Å². The molecule has 9 nitrogen and oxygen atoms in total. The van der Waals surface area contributed by atoms with Crippen molar-refractivity contribution >= 4 is 23.8 Å². The minimum Gasteiger partial charge on any atom is -0.480 e. The fourth-order valence-corrected chi connectivity index (χ4v) is 6.95. The van der Waals surface area contributed by atoms with Crippen LogP contribution in [-0.2, 0) is 23.9 Å². The third-order valence-corrected chi connectivity index (χ3v) is 10.7. The van der Waals surface area contributed by atoms with E-state index in [0.29, 0.717) is 12.8 Å². The Morgan fingerprint density at radius 2 is 0.919 bits per heavy atom. The number of ether oxygens (including phenoxy) is 1. The molecule has 0 bridgehead atoms. The molecular formula is C53H90N2O7. The Morgan fingerprint density at radius 1 is 0.500 bits per heavy atom. The summed E-state index contributed by atoms with van der Waals surface area (Å²) in [4.78, 5) is 47.7. The Labute approximate surface area is 378 Å². The average Bonchev–Trinajstić information content (AvgIpc) is 3.26. The van der Waals surface area contributed by atoms with Gasteiger partial charge in [0.1, 0.15) is 12.1 Å². The second-order valence-electron chi connectivity index (χ2n) is 16.5. The van der Waals surface area contributed by atoms with Crippen LogP contribution in [0.15, 0.2) is 72.9 Å². The van der Waals surface area contributed by atoms with E-state index in [1.807, 2.05) is 0 Å². The third kappa shape index (κ3) is 42.9. The number of hydrogen-bond acceptors (Lipinski definition) is 6. The molecule has 4 N–H and O–H groups in total. The van der Waals surface area contributed by atoms with Gasteiger partial charge in [0.15, 0.2) is 0 Å². The monoisotopic (exact) mass is 867 g/mol. The van der Waals surface area contributed by atoms with Gasteiger partial charge in [0, 0.05) is 12.8 Å². The number of allylic oxidation sites excluding steroid dienone is 12. The standard InChI is InChI=1S/C53H90N2O7/c1-3-5-7-9-11-13-15-17-18-19-20-21-22-23-24-26-28-30-32-37-41-45-52(59)62-48(42-38-34-31-29-27-25-16-14-12-10-8-6-4-2)43-39-35-33-36-40-44-50(57)54-46-51(58)55-49(47-56)53(60)61/h5,7,11,13,17-18,20-21,23-24,28,30,48-49,56H,3-4,6,8-10,12,14-16,19,22,25-27,29,31-47H2,1-2H3,(H,54,57)(H,55,58)(H,60,61)/b7-5-,13-11-,18-17-,21-20-,24-23-,30-28-. The van der Waals surface area contributed by atoms with Crippen molar-refractivity contribution < 1.29 is 34.1 Å². The first-order valence-electron chi connectivity index (χ1n) is 24.8. The topological polar surface area (TPSA) is 142 Å². The molecule has 0 spiro atoms. The number of nitrogens with one attached hydrogen (secondary N) is 2. The average molecular weight is 867 g/mol. The Morgan fingerprint density at radius 3 is 1.37 bits per heavy atom. The van der Waals surface area contributed by atoms with Gasteiger partial charge in [0.2, 0.25) is 11.8 Å². The lowest BCUT2D eigenvalue weighted by molar-refractivity contribution is -0.150. The number of unbranched alkanes of at least 4 members (excludes halogenated alkanes) is 18. The number of carbonyl (C=O) groups excluding carboxylic acids is 3. The number of carbonyl (C=O) groups is 4. The number of aliphatic hydroxyl groups is 1. The van der Waals surface area contributed by atoms with E-state index in [-0.39, 0.29) is 30.9 Å². The molecule has 62 heavy (non-hydrogen) atoms. The van der Waals surface area contributed by atoms with Crippen LogP contribution in [0.25, 0.3) is 0 Å². The number of hydrogen-bond donors (Lipinski definition) is 4. The Kier molecular flexibility index (Phi) is 44.0. The number of rotatable bonds is 44. The zero-order chi connectivity index (χ0) is 45.4. The van der Waals surface area contributed by atoms with Crippen LogP contribution in [0.4, 0.5) is 0 Å². The van der Waals surface area contributed by atoms with E-state index in [0.717, 1.165) is 103 Å². The predicted molar refractivity (Wildman–Crippen MR) is 259 cm³/mol. The maximum Gasteiger partial charge on any atom is 0.328 e. The molecule has 2 atom stereocenters. The molecular weight excluding hydrogens is 777 g/mol. The van der Waals surface area contributed by atoms with Crippen molar-refractivity contribution in [3.63, 3.8) is 0 Å². The number of carboxylic acids is 1. The van der Waals surface area contributed by atoms with Crippen LogP contribution in [0.5, 0.6) is 0 Å². The van der Waals surface area contributed by atoms with Gasteiger partial charge in [-0.15, -0.1) is 0 Å². The minimum absolute atomic E-state index is 0.0398. The minimum atomic E-state index is -1.39. The summed E-state index contributed by atoms with van der Waals surface area (Å²) < 4.78 is 6.04. The molecule has 0 rings (SSSR count). The van der Waals surface area contributed by atoms with Gasteiger partial charge < -0.3 is 25.6 Å². The molecule has 0 aromatic rings. The number of carboxylic acid groups (broad SMARTS) is 1. The summed E-state index contributed by atoms with van der Waals surface area (Å²) in [7, 11) is 0. The van der Waals surface area contributed by atoms with Crippen molar-refractivity contribution in [2.45, 2.75) is 225 Å². The summed E-state index contributed by atoms with van der Waals surface area (Å²) in [5, 5.41) is 22.6. The van der Waals surface area contributed by atoms with E-state index in [9.17, 15) is 19.2 Å². The van der Waals surface area contributed by atoms with Gasteiger partial charge >= 0.3 is 11.9 Å². The molecule has 2 unspecified atom stereocenters. The molecule has 0 saturated heterocycles. The Balaban J connectivity index is 4.39. The zero-order valence-corrected chi connectivity index (χ0v) is 39.4. The molecule has 0 heterocycles. The summed E-state index contributed by atoms with van der Waals surface area (Å²) in [6.07, 6.45) is 59.3. The van der Waals surface area contributed by atoms with E-state index >= 15 is 0 Å². The molecule has 9 heteroatoms. The van der Waals surface area contributed by atoms with E-state index in [1.165, 1.54) is 77.0 Å². The second kappa shape index (κ2) is 46.8. The van der Waals surface area contributed by atoms with Gasteiger partial charge in [-0.05, 0) is 89.9 Å². The molecule has 0 aliphatic carbocycles. The highest BCUT2D eigenvalue weighted by molar-refractivity contribution is 5.87. The summed E-state index contributed by atoms with van der Waals surface area (Å²) in [6, 6.07) is -1.39. The number of esters is 1. The maximum absolute atomic E-state index is 12.9. The molecule has 0 saturated carbocycles. The smallest absolute Gasteiger partial charge is 0.328 e. The lowest BCUT2D eigenvalue weighted by Crippen LogP contribution is -2.47. The van der Waals surface area contributed by atoms with Crippen molar-refractivity contribution in [1.29, 1.82) is 0 Å². The van der Waals surface area contributed by atoms with Gasteiger partial charge in [0.05, 0.1) is 13.2 Å². The normalized spacial score (nSPS) is 13.1. The van der Waals surface area contributed by atoms with Gasteiger partial charge in [-0.1, -0.05) is 183 Å². The quantitative estimate of drug-likeness (QED) is 0.0271. The number of aliphatic carboxylic acids is 1. The second-order valence-corrected chi connectivity index (χ2v) is 16.5. The number of amides is 2. The van der Waals surface area contributed by atoms with Crippen molar-refractivity contribution in [1.82, 2.24) is 10.6 Å². The molecule has 0 aliphatic rings. The van der Waals surface area contributed by atoms with Crippen LogP contribution < -0.4 is 10.6 Å². The predicted octanol–water partition coefficient (Wildman–Crippen LogP) is 13.0. The Hall–Kier alpha value is -3.72. The van der Waals surface area contributed by atoms with Crippen LogP contribution in [0, 0.1) is 0 Å². The van der Waals surface area contributed by atoms with Gasteiger partial charge in [-0.25, -0.2) is 4.79 Å². The van der Waals surface area contributed by atoms with E-state index in [2.05, 4.69) is 97.4 Å². The molecule has 0 aromatic carbocycles. The highest BCUT2D eigenvalue weighted by atomic mass is 16.5. The summed E-state index contributed by atoms with van der Waals surface area (Å²) in [6.45, 7) is 3.37. The van der Waals surface area contributed by atoms with Crippen molar-refractivity contribution in [3.05, 3.63) is 72.9 Å².